The van der Waals surface area contributed by atoms with Crippen molar-refractivity contribution in [2.24, 2.45) is 7.05 Å². The first-order valence-electron chi connectivity index (χ1n) is 18.1. The van der Waals surface area contributed by atoms with Crippen LogP contribution >= 0.6 is 0 Å². The third-order valence-corrected chi connectivity index (χ3v) is 11.3. The van der Waals surface area contributed by atoms with Gasteiger partial charge < -0.3 is 0 Å². The maximum absolute atomic E-state index is 5.00. The Morgan fingerprint density at radius 1 is 0.577 bits per heavy atom. The lowest BCUT2D eigenvalue weighted by Gasteiger charge is -2.34. The van der Waals surface area contributed by atoms with Gasteiger partial charge in [-0.25, -0.2) is 9.55 Å². The predicted molar refractivity (Wildman–Crippen MR) is 213 cm³/mol. The summed E-state index contributed by atoms with van der Waals surface area (Å²) in [7, 11) is 2.12. The fourth-order valence-corrected chi connectivity index (χ4v) is 8.84. The summed E-state index contributed by atoms with van der Waals surface area (Å²) in [5.74, 6) is 0.936. The summed E-state index contributed by atoms with van der Waals surface area (Å²) in [5.41, 5.74) is 14.1. The molecule has 0 bridgehead atoms. The summed E-state index contributed by atoms with van der Waals surface area (Å²) in [4.78, 5) is 5.00. The highest BCUT2D eigenvalue weighted by Gasteiger charge is 2.46. The average Bonchev–Trinajstić information content (AvgIpc) is 3.80. The van der Waals surface area contributed by atoms with Crippen molar-refractivity contribution in [3.8, 4) is 22.6 Å². The molecule has 250 valence electrons. The van der Waals surface area contributed by atoms with E-state index in [2.05, 4.69) is 200 Å². The van der Waals surface area contributed by atoms with Crippen LogP contribution in [0.15, 0.2) is 164 Å². The van der Waals surface area contributed by atoms with Crippen LogP contribution in [0.5, 0.6) is 0 Å². The van der Waals surface area contributed by atoms with Crippen LogP contribution in [0, 0.1) is 0 Å². The second kappa shape index (κ2) is 11.1. The zero-order valence-electron chi connectivity index (χ0n) is 29.9. The molecule has 0 fully saturated rings. The Balaban J connectivity index is 1.30. The summed E-state index contributed by atoms with van der Waals surface area (Å²) in [6, 6.07) is 56.0. The van der Waals surface area contributed by atoms with Crippen molar-refractivity contribution in [2.45, 2.75) is 31.6 Å². The molecule has 3 aromatic heterocycles. The second-order valence-corrected chi connectivity index (χ2v) is 15.2. The second-order valence-electron chi connectivity index (χ2n) is 15.2. The molecule has 0 radical (unpaired) electrons. The molecule has 1 aliphatic carbocycles. The highest BCUT2D eigenvalue weighted by molar-refractivity contribution is 6.09. The van der Waals surface area contributed by atoms with Crippen LogP contribution in [0.4, 0.5) is 0 Å². The van der Waals surface area contributed by atoms with Crippen LogP contribution in [0.2, 0.25) is 0 Å². The predicted octanol–water partition coefficient (Wildman–Crippen LogP) is 10.6. The topological polar surface area (TPSA) is 26.6 Å². The maximum Gasteiger partial charge on any atom is 0.249 e. The number of pyridine rings is 1. The Bertz CT molecular complexity index is 2820. The third-order valence-electron chi connectivity index (χ3n) is 11.3. The number of aryl methyl sites for hydroxylation is 1. The van der Waals surface area contributed by atoms with Gasteiger partial charge in [-0.15, -0.1) is 0 Å². The third kappa shape index (κ3) is 4.27. The molecular formula is C48H39N4+. The van der Waals surface area contributed by atoms with Gasteiger partial charge in [-0.3, -0.25) is 4.57 Å². The van der Waals surface area contributed by atoms with Crippen molar-refractivity contribution in [2.75, 3.05) is 0 Å². The number of fused-ring (bicyclic) bond motifs is 7. The number of imidazole rings is 1. The Hall–Kier alpha value is -6.26. The highest BCUT2D eigenvalue weighted by Crippen LogP contribution is 2.56. The van der Waals surface area contributed by atoms with Gasteiger partial charge >= 0.3 is 0 Å². The zero-order valence-corrected chi connectivity index (χ0v) is 29.9. The van der Waals surface area contributed by atoms with Crippen molar-refractivity contribution in [3.05, 3.63) is 192 Å². The summed E-state index contributed by atoms with van der Waals surface area (Å²) >= 11 is 0. The van der Waals surface area contributed by atoms with E-state index in [0.29, 0.717) is 0 Å². The van der Waals surface area contributed by atoms with E-state index in [4.69, 9.17) is 4.98 Å². The largest absolute Gasteiger partial charge is 0.294 e. The van der Waals surface area contributed by atoms with E-state index in [0.717, 1.165) is 22.5 Å². The van der Waals surface area contributed by atoms with Crippen LogP contribution in [0.1, 0.15) is 48.6 Å². The Morgan fingerprint density at radius 3 is 2.00 bits per heavy atom. The Labute approximate surface area is 303 Å². The van der Waals surface area contributed by atoms with Gasteiger partial charge in [-0.05, 0) is 92.9 Å². The minimum absolute atomic E-state index is 0.00392. The highest BCUT2D eigenvalue weighted by atomic mass is 15.1. The van der Waals surface area contributed by atoms with Crippen molar-refractivity contribution in [1.29, 1.82) is 0 Å². The number of para-hydroxylation sites is 3. The standard InChI is InChI=1S/C48H39N4/c1-47(2,3)32-26-27-49-46(30-32)52-42-21-10-7-18-38(42)39-25-24-34(29-45(39)52)48(40-19-8-5-16-36(40)37-17-6-9-20-41(37)48)33-14-13-15-35(28-33)51-31-50(4)43-22-11-12-23-44(43)51/h5-31H,1-4H3/q+1. The van der Waals surface area contributed by atoms with E-state index in [-0.39, 0.29) is 5.41 Å². The lowest BCUT2D eigenvalue weighted by molar-refractivity contribution is -0.645. The quantitative estimate of drug-likeness (QED) is 0.171. The van der Waals surface area contributed by atoms with Gasteiger partial charge in [-0.2, -0.15) is 4.57 Å². The molecule has 0 spiro atoms. The first kappa shape index (κ1) is 30.6. The van der Waals surface area contributed by atoms with Crippen molar-refractivity contribution < 1.29 is 4.57 Å². The lowest BCUT2D eigenvalue weighted by Crippen LogP contribution is -2.29. The molecule has 0 N–H and O–H groups in total. The smallest absolute Gasteiger partial charge is 0.249 e. The van der Waals surface area contributed by atoms with Crippen LogP contribution in [0.3, 0.4) is 0 Å². The van der Waals surface area contributed by atoms with Crippen LogP contribution < -0.4 is 4.57 Å². The molecule has 1 aliphatic rings. The molecule has 0 aliphatic heterocycles. The summed E-state index contributed by atoms with van der Waals surface area (Å²) in [5, 5.41) is 2.44. The Morgan fingerprint density at radius 2 is 1.23 bits per heavy atom. The van der Waals surface area contributed by atoms with Gasteiger partial charge in [0.2, 0.25) is 6.33 Å². The Kier molecular flexibility index (Phi) is 6.53. The molecule has 4 nitrogen and oxygen atoms in total. The van der Waals surface area contributed by atoms with Gasteiger partial charge in [0.15, 0.2) is 11.0 Å². The minimum Gasteiger partial charge on any atom is -0.294 e. The van der Waals surface area contributed by atoms with E-state index >= 15 is 0 Å². The number of benzene rings is 6. The molecule has 0 amide bonds. The van der Waals surface area contributed by atoms with E-state index in [9.17, 15) is 0 Å². The number of nitrogens with zero attached hydrogens (tertiary/aromatic N) is 4. The van der Waals surface area contributed by atoms with E-state index in [1.54, 1.807) is 0 Å². The van der Waals surface area contributed by atoms with Crippen molar-refractivity contribution >= 4 is 32.8 Å². The number of hydrogen-bond donors (Lipinski definition) is 0. The molecule has 3 heterocycles. The van der Waals surface area contributed by atoms with Gasteiger partial charge in [0.05, 0.1) is 23.5 Å². The molecule has 6 aromatic carbocycles. The van der Waals surface area contributed by atoms with Crippen molar-refractivity contribution in [3.63, 3.8) is 0 Å². The number of hydrogen-bond acceptors (Lipinski definition) is 1. The molecule has 0 saturated carbocycles. The zero-order chi connectivity index (χ0) is 35.2. The number of aromatic nitrogens is 4. The molecule has 0 unspecified atom stereocenters. The summed E-state index contributed by atoms with van der Waals surface area (Å²) < 4.78 is 6.88. The van der Waals surface area contributed by atoms with Crippen LogP contribution in [0.25, 0.3) is 55.5 Å². The molecule has 9 aromatic rings. The van der Waals surface area contributed by atoms with E-state index in [1.807, 2.05) is 6.20 Å². The van der Waals surface area contributed by atoms with Gasteiger partial charge in [0.25, 0.3) is 0 Å². The monoisotopic (exact) mass is 671 g/mol. The molecule has 52 heavy (non-hydrogen) atoms. The molecule has 10 rings (SSSR count). The summed E-state index contributed by atoms with van der Waals surface area (Å²) in [6.45, 7) is 6.79. The van der Waals surface area contributed by atoms with E-state index in [1.165, 1.54) is 60.8 Å². The molecule has 0 atom stereocenters. The fraction of sp³-hybridized carbons (Fsp3) is 0.125. The van der Waals surface area contributed by atoms with Gasteiger partial charge in [-0.1, -0.05) is 124 Å². The van der Waals surface area contributed by atoms with Gasteiger partial charge in [0.1, 0.15) is 11.5 Å². The van der Waals surface area contributed by atoms with E-state index < -0.39 is 5.41 Å². The normalized spacial score (nSPS) is 13.5. The first-order chi connectivity index (χ1) is 25.3. The van der Waals surface area contributed by atoms with Gasteiger partial charge in [0, 0.05) is 17.0 Å². The maximum atomic E-state index is 5.00. The van der Waals surface area contributed by atoms with Crippen LogP contribution in [-0.4, -0.2) is 14.1 Å². The number of rotatable bonds is 4. The lowest BCUT2D eigenvalue weighted by atomic mass is 9.67. The molecule has 0 saturated heterocycles. The molecular weight excluding hydrogens is 633 g/mol. The fourth-order valence-electron chi connectivity index (χ4n) is 8.84. The SMILES string of the molecule is C[n+]1cn(-c2cccc(C3(c4ccc5c6ccccc6n(-c6cc(C(C)(C)C)ccn6)c5c4)c4ccccc4-c4ccccc43)c2)c2ccccc21. The van der Waals surface area contributed by atoms with Crippen molar-refractivity contribution in [1.82, 2.24) is 14.1 Å². The minimum atomic E-state index is -0.565. The molecule has 4 heteroatoms. The summed E-state index contributed by atoms with van der Waals surface area (Å²) in [6.07, 6.45) is 4.15. The van der Waals surface area contributed by atoms with Crippen LogP contribution in [-0.2, 0) is 17.9 Å². The first-order valence-corrected chi connectivity index (χ1v) is 18.1. The average molecular weight is 672 g/mol.